The summed E-state index contributed by atoms with van der Waals surface area (Å²) in [6.07, 6.45) is -0.230. The van der Waals surface area contributed by atoms with E-state index < -0.39 is 0 Å². The molecule has 1 atom stereocenters. The van der Waals surface area contributed by atoms with Crippen LogP contribution < -0.4 is 10.1 Å². The van der Waals surface area contributed by atoms with E-state index in [2.05, 4.69) is 181 Å². The predicted molar refractivity (Wildman–Crippen MR) is 239 cm³/mol. The van der Waals surface area contributed by atoms with Gasteiger partial charge in [-0.3, -0.25) is 0 Å². The number of nitrogens with zero attached hydrogens (tertiary/aromatic N) is 1. The van der Waals surface area contributed by atoms with Crippen molar-refractivity contribution in [1.29, 1.82) is 0 Å². The summed E-state index contributed by atoms with van der Waals surface area (Å²) in [4.78, 5) is 5.66. The number of pyridine rings is 1. The second kappa shape index (κ2) is 12.5. The van der Waals surface area contributed by atoms with Crippen LogP contribution in [-0.4, -0.2) is 4.98 Å². The van der Waals surface area contributed by atoms with Gasteiger partial charge in [0, 0.05) is 21.9 Å². The van der Waals surface area contributed by atoms with Gasteiger partial charge in [0.05, 0.1) is 16.9 Å². The van der Waals surface area contributed by atoms with E-state index in [9.17, 15) is 0 Å². The summed E-state index contributed by atoms with van der Waals surface area (Å²) in [5, 5.41) is 16.8. The van der Waals surface area contributed by atoms with Gasteiger partial charge >= 0.3 is 0 Å². The molecular weight excluding hydrogens is 693 g/mol. The lowest BCUT2D eigenvalue weighted by Crippen LogP contribution is -2.09. The van der Waals surface area contributed by atoms with Crippen molar-refractivity contribution < 1.29 is 4.74 Å². The standard InChI is InChI=1S/C54H34N2O/c1-3-15-37-35(13-1)29-46(41-19-7-5-17-39(37)41)47-32-51(48-30-36-14-2-4-16-38(36)40-18-6-8-20-42(40)48)55-53-44-22-10-9-21-43(44)45(31-49(47)53)33-25-27-34(28-26-33)54-56-50-23-11-12-24-52(50)57-54/h1-32,54,56H. The minimum Gasteiger partial charge on any atom is -0.464 e. The van der Waals surface area contributed by atoms with E-state index in [1.807, 2.05) is 18.2 Å². The van der Waals surface area contributed by atoms with Gasteiger partial charge in [-0.05, 0) is 107 Å². The first-order valence-electron chi connectivity index (χ1n) is 19.6. The Morgan fingerprint density at radius 1 is 0.386 bits per heavy atom. The second-order valence-corrected chi connectivity index (χ2v) is 15.1. The van der Waals surface area contributed by atoms with Crippen LogP contribution in [0.3, 0.4) is 0 Å². The molecule has 0 saturated carbocycles. The zero-order valence-electron chi connectivity index (χ0n) is 30.9. The molecule has 10 aromatic carbocycles. The van der Waals surface area contributed by atoms with Crippen molar-refractivity contribution in [2.75, 3.05) is 5.32 Å². The number of rotatable bonds is 4. The fourth-order valence-electron chi connectivity index (χ4n) is 9.17. The quantitative estimate of drug-likeness (QED) is 0.183. The molecule has 3 heteroatoms. The molecule has 0 spiro atoms. The lowest BCUT2D eigenvalue weighted by atomic mass is 9.87. The SMILES string of the molecule is c1ccc2c(c1)NC(c1ccc(-c3cc4c(-c5cc6ccccc6c6ccccc56)cc(-c5cc6ccccc6c6ccccc56)nc4c4ccccc34)cc1)O2. The number of anilines is 1. The highest BCUT2D eigenvalue weighted by molar-refractivity contribution is 6.21. The Hall–Kier alpha value is -7.49. The number of aromatic nitrogens is 1. The van der Waals surface area contributed by atoms with Crippen molar-refractivity contribution in [1.82, 2.24) is 4.98 Å². The maximum Gasteiger partial charge on any atom is 0.196 e. The van der Waals surface area contributed by atoms with E-state index in [1.54, 1.807) is 0 Å². The van der Waals surface area contributed by atoms with Crippen LogP contribution in [0.4, 0.5) is 5.69 Å². The van der Waals surface area contributed by atoms with Gasteiger partial charge in [0.25, 0.3) is 0 Å². The molecule has 1 N–H and O–H groups in total. The Morgan fingerprint density at radius 2 is 0.895 bits per heavy atom. The van der Waals surface area contributed by atoms with Gasteiger partial charge in [0.15, 0.2) is 6.23 Å². The van der Waals surface area contributed by atoms with E-state index in [-0.39, 0.29) is 6.23 Å². The van der Waals surface area contributed by atoms with Gasteiger partial charge in [-0.15, -0.1) is 0 Å². The average Bonchev–Trinajstić information content (AvgIpc) is 3.73. The Kier molecular flexibility index (Phi) is 6.99. The minimum atomic E-state index is -0.230. The number of para-hydroxylation sites is 2. The van der Waals surface area contributed by atoms with Crippen LogP contribution >= 0.6 is 0 Å². The highest BCUT2D eigenvalue weighted by Gasteiger charge is 2.24. The predicted octanol–water partition coefficient (Wildman–Crippen LogP) is 14.5. The van der Waals surface area contributed by atoms with Crippen molar-refractivity contribution in [3.05, 3.63) is 200 Å². The summed E-state index contributed by atoms with van der Waals surface area (Å²) >= 11 is 0. The molecule has 1 aliphatic heterocycles. The van der Waals surface area contributed by atoms with E-state index in [1.165, 1.54) is 65.2 Å². The van der Waals surface area contributed by atoms with Gasteiger partial charge in [-0.1, -0.05) is 158 Å². The Morgan fingerprint density at radius 3 is 1.56 bits per heavy atom. The van der Waals surface area contributed by atoms with Gasteiger partial charge in [0.2, 0.25) is 0 Å². The minimum absolute atomic E-state index is 0.230. The monoisotopic (exact) mass is 726 g/mol. The van der Waals surface area contributed by atoms with Crippen LogP contribution in [0.5, 0.6) is 5.75 Å². The van der Waals surface area contributed by atoms with Crippen LogP contribution in [0.25, 0.3) is 98.3 Å². The first kappa shape index (κ1) is 31.8. The summed E-state index contributed by atoms with van der Waals surface area (Å²) in [6.45, 7) is 0. The molecule has 0 saturated heterocycles. The summed E-state index contributed by atoms with van der Waals surface area (Å²) in [7, 11) is 0. The highest BCUT2D eigenvalue weighted by Crippen LogP contribution is 2.45. The first-order valence-corrected chi connectivity index (χ1v) is 19.6. The van der Waals surface area contributed by atoms with Gasteiger partial charge in [-0.25, -0.2) is 4.98 Å². The molecule has 1 aliphatic rings. The molecule has 0 fully saturated rings. The van der Waals surface area contributed by atoms with Crippen LogP contribution in [0.2, 0.25) is 0 Å². The Labute approximate surface area is 329 Å². The van der Waals surface area contributed by atoms with Gasteiger partial charge < -0.3 is 10.1 Å². The largest absolute Gasteiger partial charge is 0.464 e. The zero-order chi connectivity index (χ0) is 37.5. The molecule has 0 amide bonds. The molecule has 12 rings (SSSR count). The van der Waals surface area contributed by atoms with Crippen molar-refractivity contribution in [2.45, 2.75) is 6.23 Å². The lowest BCUT2D eigenvalue weighted by molar-refractivity contribution is 0.260. The maximum absolute atomic E-state index is 6.28. The number of hydrogen-bond donors (Lipinski definition) is 1. The molecule has 57 heavy (non-hydrogen) atoms. The summed E-state index contributed by atoms with van der Waals surface area (Å²) < 4.78 is 6.28. The zero-order valence-corrected chi connectivity index (χ0v) is 30.9. The number of hydrogen-bond acceptors (Lipinski definition) is 3. The van der Waals surface area contributed by atoms with E-state index in [0.717, 1.165) is 50.1 Å². The first-order chi connectivity index (χ1) is 28.2. The number of benzene rings is 10. The van der Waals surface area contributed by atoms with E-state index >= 15 is 0 Å². The molecular formula is C54H34N2O. The molecule has 0 radical (unpaired) electrons. The normalized spacial score (nSPS) is 13.7. The van der Waals surface area contributed by atoms with Crippen molar-refractivity contribution in [2.24, 2.45) is 0 Å². The smallest absolute Gasteiger partial charge is 0.196 e. The number of fused-ring (bicyclic) bond motifs is 10. The average molecular weight is 727 g/mol. The molecule has 1 aromatic heterocycles. The van der Waals surface area contributed by atoms with Crippen LogP contribution in [0.1, 0.15) is 11.8 Å². The fraction of sp³-hybridized carbons (Fsp3) is 0.0185. The molecule has 2 heterocycles. The van der Waals surface area contributed by atoms with Gasteiger partial charge in [0.1, 0.15) is 5.75 Å². The second-order valence-electron chi connectivity index (χ2n) is 15.1. The van der Waals surface area contributed by atoms with E-state index in [0.29, 0.717) is 0 Å². The highest BCUT2D eigenvalue weighted by atomic mass is 16.5. The molecule has 11 aromatic rings. The molecule has 3 nitrogen and oxygen atoms in total. The topological polar surface area (TPSA) is 34.2 Å². The lowest BCUT2D eigenvalue weighted by Gasteiger charge is -2.19. The third-order valence-corrected chi connectivity index (χ3v) is 11.9. The fourth-order valence-corrected chi connectivity index (χ4v) is 9.17. The van der Waals surface area contributed by atoms with Crippen LogP contribution in [0, 0.1) is 0 Å². The van der Waals surface area contributed by atoms with Crippen LogP contribution in [0.15, 0.2) is 194 Å². The maximum atomic E-state index is 6.28. The molecule has 1 unspecified atom stereocenters. The third-order valence-electron chi connectivity index (χ3n) is 11.9. The Bertz CT molecular complexity index is 3400. The van der Waals surface area contributed by atoms with Crippen molar-refractivity contribution in [3.63, 3.8) is 0 Å². The molecule has 266 valence electrons. The molecule has 0 aliphatic carbocycles. The number of nitrogens with one attached hydrogen (secondary N) is 1. The Balaban J connectivity index is 1.14. The van der Waals surface area contributed by atoms with Gasteiger partial charge in [-0.2, -0.15) is 0 Å². The van der Waals surface area contributed by atoms with Crippen LogP contribution in [-0.2, 0) is 0 Å². The van der Waals surface area contributed by atoms with Crippen molar-refractivity contribution >= 4 is 70.5 Å². The molecule has 0 bridgehead atoms. The summed E-state index contributed by atoms with van der Waals surface area (Å²) in [5.74, 6) is 0.879. The summed E-state index contributed by atoms with van der Waals surface area (Å²) in [5.41, 5.74) is 9.87. The number of ether oxygens (including phenoxy) is 1. The van der Waals surface area contributed by atoms with Crippen molar-refractivity contribution in [3.8, 4) is 39.3 Å². The van der Waals surface area contributed by atoms with E-state index in [4.69, 9.17) is 9.72 Å². The summed E-state index contributed by atoms with van der Waals surface area (Å²) in [6, 6.07) is 70.1. The third kappa shape index (κ3) is 5.02.